The Bertz CT molecular complexity index is 1180. The Balaban J connectivity index is -0.0000000471. The van der Waals surface area contributed by atoms with Crippen LogP contribution in [0.3, 0.4) is 0 Å². The standard InChI is InChI=1S/C15H26N4O5S.C14H22N4O5.13CH4S.3CH4/c1-3-17-18-13(21)5-8-24-9-6-16-12(20)4-7-19-14(22)10-11(25-2)15(19)23;1-2-16-17-12(20)6-9-23-10-7-15-11(19)5-8-18-13(21)3-4-14(18)22;13*1-2;;;/h11,17H,3-10H2,1-2H3,(H,16,20)(H,18,21);3-4,16H,2,5-10H2,1H3,(H,15,19)(H,17,20);13*2H,1H3;3*1H4. The van der Waals surface area contributed by atoms with E-state index in [4.69, 9.17) is 9.47 Å². The molecule has 476 valence electrons. The summed E-state index contributed by atoms with van der Waals surface area (Å²) >= 11 is 47.2. The summed E-state index contributed by atoms with van der Waals surface area (Å²) in [5.74, 6) is -2.09. The van der Waals surface area contributed by atoms with Crippen molar-refractivity contribution >= 4 is 223 Å². The molecular formula is C45H112N8O10S14. The van der Waals surface area contributed by atoms with Gasteiger partial charge in [0, 0.05) is 70.7 Å². The molecule has 0 radical (unpaired) electrons. The number of hydrogen-bond acceptors (Lipinski definition) is 26. The maximum atomic E-state index is 11.9. The number of thiol groups is 13. The summed E-state index contributed by atoms with van der Waals surface area (Å²) in [6.45, 7) is 6.89. The molecule has 18 nitrogen and oxygen atoms in total. The van der Waals surface area contributed by atoms with Crippen molar-refractivity contribution in [1.82, 2.24) is 42.1 Å². The van der Waals surface area contributed by atoms with Gasteiger partial charge in [0.2, 0.25) is 35.4 Å². The van der Waals surface area contributed by atoms with E-state index in [-0.39, 0.29) is 135 Å². The topological polar surface area (TPSA) is 234 Å². The van der Waals surface area contributed by atoms with Crippen molar-refractivity contribution in [3.8, 4) is 0 Å². The fourth-order valence-electron chi connectivity index (χ4n) is 3.88. The zero-order valence-electron chi connectivity index (χ0n) is 46.5. The number of carbonyl (C=O) groups is 8. The van der Waals surface area contributed by atoms with E-state index in [0.717, 1.165) is 9.80 Å². The highest BCUT2D eigenvalue weighted by molar-refractivity contribution is 8.00. The van der Waals surface area contributed by atoms with Gasteiger partial charge in [0.25, 0.3) is 11.8 Å². The summed E-state index contributed by atoms with van der Waals surface area (Å²) < 4.78 is 10.5. The van der Waals surface area contributed by atoms with Crippen molar-refractivity contribution in [3.63, 3.8) is 0 Å². The van der Waals surface area contributed by atoms with Crippen molar-refractivity contribution < 1.29 is 47.8 Å². The van der Waals surface area contributed by atoms with Crippen LogP contribution in [0.15, 0.2) is 12.2 Å². The molecule has 32 heteroatoms. The van der Waals surface area contributed by atoms with Crippen molar-refractivity contribution in [2.75, 3.05) is 153 Å². The quantitative estimate of drug-likeness (QED) is 0.0227. The monoisotopic (exact) mass is 1370 g/mol. The van der Waals surface area contributed by atoms with Crippen LogP contribution < -0.4 is 32.3 Å². The van der Waals surface area contributed by atoms with Crippen molar-refractivity contribution in [2.24, 2.45) is 0 Å². The number of nitrogens with zero attached hydrogens (tertiary/aromatic N) is 2. The largest absolute Gasteiger partial charge is 0.379 e. The molecule has 0 bridgehead atoms. The predicted molar refractivity (Wildman–Crippen MR) is 388 cm³/mol. The Morgan fingerprint density at radius 1 is 0.481 bits per heavy atom. The normalized spacial score (nSPS) is 10.6. The Hall–Kier alpha value is 0.640. The van der Waals surface area contributed by atoms with Crippen LogP contribution in [-0.4, -0.2) is 216 Å². The van der Waals surface area contributed by atoms with Crippen LogP contribution in [-0.2, 0) is 47.8 Å². The van der Waals surface area contributed by atoms with Crippen molar-refractivity contribution in [1.29, 1.82) is 0 Å². The zero-order valence-corrected chi connectivity index (χ0v) is 59.0. The fraction of sp³-hybridized carbons (Fsp3) is 0.778. The minimum atomic E-state index is -0.401. The number of ether oxygens (including phenoxy) is 2. The molecule has 77 heavy (non-hydrogen) atoms. The van der Waals surface area contributed by atoms with Gasteiger partial charge in [-0.05, 0) is 87.6 Å². The minimum absolute atomic E-state index is 0. The molecule has 1 fully saturated rings. The third-order valence-electron chi connectivity index (χ3n) is 6.41. The lowest BCUT2D eigenvalue weighted by atomic mass is 10.3. The van der Waals surface area contributed by atoms with Gasteiger partial charge in [0.05, 0.1) is 44.5 Å². The SMILES string of the molecule is C.C.C.CCNNC(=O)CCOCCNC(=O)CCN1C(=O)C=CC1=O.CCNNC(=O)CCOCCNC(=O)CCN1C(=O)CC(SC)C1=O.CS.CS.CS.CS.CS.CS.CS.CS.CS.CS.CS.CS.CS. The molecule has 0 aliphatic carbocycles. The second-order valence-electron chi connectivity index (χ2n) is 10.1. The molecule has 0 saturated carbocycles. The first kappa shape index (κ1) is 120. The smallest absolute Gasteiger partial charge is 0.253 e. The van der Waals surface area contributed by atoms with E-state index in [0.29, 0.717) is 26.2 Å². The predicted octanol–water partition coefficient (Wildman–Crippen LogP) is 6.50. The van der Waals surface area contributed by atoms with Gasteiger partial charge in [0.15, 0.2) is 0 Å². The zero-order chi connectivity index (χ0) is 61.7. The Morgan fingerprint density at radius 3 is 1.03 bits per heavy atom. The van der Waals surface area contributed by atoms with Gasteiger partial charge < -0.3 is 20.1 Å². The van der Waals surface area contributed by atoms with E-state index in [1.165, 1.54) is 23.9 Å². The lowest BCUT2D eigenvalue weighted by Crippen LogP contribution is -2.37. The van der Waals surface area contributed by atoms with Crippen LogP contribution in [0.4, 0.5) is 0 Å². The van der Waals surface area contributed by atoms with E-state index in [1.807, 2.05) is 13.8 Å². The van der Waals surface area contributed by atoms with Crippen LogP contribution in [0.1, 0.15) is 68.2 Å². The van der Waals surface area contributed by atoms with Crippen LogP contribution in [0.25, 0.3) is 0 Å². The molecule has 1 unspecified atom stereocenters. The Morgan fingerprint density at radius 2 is 0.766 bits per heavy atom. The third kappa shape index (κ3) is 93.3. The number of hydrogen-bond donors (Lipinski definition) is 19. The Labute approximate surface area is 547 Å². The molecule has 0 aromatic heterocycles. The average molecular weight is 1370 g/mol. The van der Waals surface area contributed by atoms with Gasteiger partial charge in [0.1, 0.15) is 0 Å². The molecule has 2 heterocycles. The highest BCUT2D eigenvalue weighted by Gasteiger charge is 2.37. The van der Waals surface area contributed by atoms with Gasteiger partial charge in [-0.2, -0.15) is 176 Å². The molecule has 0 aromatic carbocycles. The molecule has 1 atom stereocenters. The molecule has 0 aromatic rings. The minimum Gasteiger partial charge on any atom is -0.379 e. The first-order valence-corrected chi connectivity index (χ1v) is 34.4. The van der Waals surface area contributed by atoms with Crippen LogP contribution in [0.2, 0.25) is 0 Å². The second kappa shape index (κ2) is 123. The molecule has 2 rings (SSSR count). The molecule has 6 N–H and O–H groups in total. The van der Waals surface area contributed by atoms with Crippen LogP contribution in [0, 0.1) is 0 Å². The summed E-state index contributed by atoms with van der Waals surface area (Å²) in [4.78, 5) is 94.1. The third-order valence-corrected chi connectivity index (χ3v) is 7.34. The van der Waals surface area contributed by atoms with E-state index in [9.17, 15) is 38.4 Å². The van der Waals surface area contributed by atoms with E-state index in [2.05, 4.69) is 197 Å². The first-order valence-electron chi connectivity index (χ1n) is 21.5. The molecule has 8 amide bonds. The summed E-state index contributed by atoms with van der Waals surface area (Å²) in [5.41, 5.74) is 10.4. The summed E-state index contributed by atoms with van der Waals surface area (Å²) in [6.07, 6.45) is 27.0. The molecular weight excluding hydrogens is 1260 g/mol. The van der Waals surface area contributed by atoms with Crippen molar-refractivity contribution in [3.05, 3.63) is 12.2 Å². The molecule has 0 spiro atoms. The summed E-state index contributed by atoms with van der Waals surface area (Å²) in [7, 11) is 0. The maximum absolute atomic E-state index is 11.9. The van der Waals surface area contributed by atoms with Crippen molar-refractivity contribution in [2.45, 2.75) is 73.5 Å². The van der Waals surface area contributed by atoms with E-state index in [1.54, 1.807) is 87.6 Å². The number of thioether (sulfide) groups is 1. The van der Waals surface area contributed by atoms with Gasteiger partial charge in [-0.1, -0.05) is 36.1 Å². The summed E-state index contributed by atoms with van der Waals surface area (Å²) in [5, 5.41) is 4.94. The number of amides is 8. The second-order valence-corrected chi connectivity index (χ2v) is 11.1. The number of carbonyl (C=O) groups excluding carboxylic acids is 8. The number of hydrazine groups is 2. The first-order chi connectivity index (χ1) is 36.0. The number of imide groups is 2. The van der Waals surface area contributed by atoms with E-state index < -0.39 is 11.8 Å². The lowest BCUT2D eigenvalue weighted by molar-refractivity contribution is -0.140. The number of likely N-dealkylation sites (tertiary alicyclic amines) is 1. The fourth-order valence-corrected chi connectivity index (χ4v) is 4.52. The maximum Gasteiger partial charge on any atom is 0.253 e. The number of rotatable bonds is 23. The number of nitrogens with one attached hydrogen (secondary N) is 6. The average Bonchev–Trinajstić information content (AvgIpc) is 3.97. The summed E-state index contributed by atoms with van der Waals surface area (Å²) in [6, 6.07) is 0. The van der Waals surface area contributed by atoms with Gasteiger partial charge in [-0.3, -0.25) is 59.0 Å². The lowest BCUT2D eigenvalue weighted by Gasteiger charge is -2.14. The van der Waals surface area contributed by atoms with E-state index >= 15 is 0 Å². The van der Waals surface area contributed by atoms with Gasteiger partial charge in [-0.25, -0.2) is 10.9 Å². The Kier molecular flexibility index (Phi) is 192. The molecule has 2 aliphatic rings. The van der Waals surface area contributed by atoms with Gasteiger partial charge >= 0.3 is 0 Å². The molecule has 2 aliphatic heterocycles. The highest BCUT2D eigenvalue weighted by Crippen LogP contribution is 2.23. The molecule has 1 saturated heterocycles. The highest BCUT2D eigenvalue weighted by atomic mass is 32.2. The van der Waals surface area contributed by atoms with Crippen LogP contribution in [0.5, 0.6) is 0 Å². The van der Waals surface area contributed by atoms with Crippen LogP contribution >= 0.6 is 176 Å². The van der Waals surface area contributed by atoms with Gasteiger partial charge in [-0.15, -0.1) is 0 Å².